The molecule has 140 valence electrons. The maximum atomic E-state index is 11.8. The number of hydrogen-bond acceptors (Lipinski definition) is 5. The van der Waals surface area contributed by atoms with Gasteiger partial charge in [0.15, 0.2) is 0 Å². The minimum absolute atomic E-state index is 0.00473. The largest absolute Gasteiger partial charge is 0.439 e. The summed E-state index contributed by atoms with van der Waals surface area (Å²) in [5, 5.41) is 2.87. The fraction of sp³-hybridized carbons (Fsp3) is 0.300. The highest BCUT2D eigenvalue weighted by atomic mass is 16.5. The van der Waals surface area contributed by atoms with E-state index in [4.69, 9.17) is 4.74 Å². The molecular weight excluding hydrogens is 342 g/mol. The van der Waals surface area contributed by atoms with Crippen molar-refractivity contribution in [3.63, 3.8) is 0 Å². The molecule has 0 radical (unpaired) electrons. The average Bonchev–Trinajstić information content (AvgIpc) is 2.95. The summed E-state index contributed by atoms with van der Waals surface area (Å²) in [4.78, 5) is 24.6. The first-order valence-corrected chi connectivity index (χ1v) is 8.83. The molecule has 0 fully saturated rings. The molecule has 0 bridgehead atoms. The first-order valence-electron chi connectivity index (χ1n) is 8.83. The van der Waals surface area contributed by atoms with Crippen LogP contribution in [0, 0.1) is 19.8 Å². The summed E-state index contributed by atoms with van der Waals surface area (Å²) in [6, 6.07) is 8.95. The summed E-state index contributed by atoms with van der Waals surface area (Å²) in [7, 11) is 0. The van der Waals surface area contributed by atoms with E-state index in [1.54, 1.807) is 36.7 Å². The molecule has 27 heavy (non-hydrogen) atoms. The maximum Gasteiger partial charge on any atom is 0.224 e. The third-order valence-electron chi connectivity index (χ3n) is 4.08. The second-order valence-electron chi connectivity index (χ2n) is 6.77. The monoisotopic (exact) mass is 365 g/mol. The summed E-state index contributed by atoms with van der Waals surface area (Å²) in [6.45, 7) is 7.96. The van der Waals surface area contributed by atoms with Crippen molar-refractivity contribution in [2.24, 2.45) is 5.92 Å². The highest BCUT2D eigenvalue weighted by Crippen LogP contribution is 2.23. The Labute approximate surface area is 158 Å². The number of anilines is 1. The molecular formula is C20H23N5O2. The average molecular weight is 365 g/mol. The summed E-state index contributed by atoms with van der Waals surface area (Å²) in [5.41, 5.74) is 2.70. The number of carbonyl (C=O) groups excluding carboxylic acids is 1. The van der Waals surface area contributed by atoms with Crippen molar-refractivity contribution in [2.75, 3.05) is 5.32 Å². The van der Waals surface area contributed by atoms with Crippen molar-refractivity contribution in [3.05, 3.63) is 54.4 Å². The van der Waals surface area contributed by atoms with E-state index in [1.165, 1.54) is 6.33 Å². The Balaban J connectivity index is 1.70. The van der Waals surface area contributed by atoms with Crippen molar-refractivity contribution in [1.29, 1.82) is 0 Å². The molecule has 3 aromatic rings. The molecule has 2 aromatic heterocycles. The number of amides is 1. The van der Waals surface area contributed by atoms with Gasteiger partial charge in [0.05, 0.1) is 5.69 Å². The molecule has 1 aromatic carbocycles. The molecule has 2 heterocycles. The van der Waals surface area contributed by atoms with Crippen molar-refractivity contribution in [3.8, 4) is 17.4 Å². The van der Waals surface area contributed by atoms with E-state index in [9.17, 15) is 4.79 Å². The molecule has 7 heteroatoms. The molecule has 1 amide bonds. The number of rotatable bonds is 6. The Morgan fingerprint density at radius 3 is 2.52 bits per heavy atom. The number of aryl methyl sites for hydroxylation is 1. The second-order valence-corrected chi connectivity index (χ2v) is 6.77. The number of carbonyl (C=O) groups is 1. The topological polar surface area (TPSA) is 81.9 Å². The van der Waals surface area contributed by atoms with E-state index in [2.05, 4.69) is 20.3 Å². The second kappa shape index (κ2) is 7.99. The van der Waals surface area contributed by atoms with Gasteiger partial charge in [0.25, 0.3) is 0 Å². The maximum absolute atomic E-state index is 11.8. The van der Waals surface area contributed by atoms with Crippen LogP contribution < -0.4 is 10.1 Å². The van der Waals surface area contributed by atoms with Crippen LogP contribution in [0.3, 0.4) is 0 Å². The van der Waals surface area contributed by atoms with Crippen molar-refractivity contribution in [2.45, 2.75) is 34.1 Å². The minimum atomic E-state index is 0.00473. The normalized spacial score (nSPS) is 10.9. The first-order chi connectivity index (χ1) is 12.9. The van der Waals surface area contributed by atoms with Gasteiger partial charge in [-0.05, 0) is 44.0 Å². The first kappa shape index (κ1) is 18.6. The van der Waals surface area contributed by atoms with Crippen molar-refractivity contribution < 1.29 is 9.53 Å². The molecule has 0 saturated carbocycles. The molecule has 1 N–H and O–H groups in total. The van der Waals surface area contributed by atoms with Crippen molar-refractivity contribution >= 4 is 11.6 Å². The molecule has 0 aliphatic rings. The van der Waals surface area contributed by atoms with Gasteiger partial charge < -0.3 is 10.1 Å². The third-order valence-corrected chi connectivity index (χ3v) is 4.08. The number of hydrogen-bond donors (Lipinski definition) is 1. The highest BCUT2D eigenvalue weighted by Gasteiger charge is 2.09. The Bertz CT molecular complexity index is 932. The van der Waals surface area contributed by atoms with Gasteiger partial charge in [-0.1, -0.05) is 13.8 Å². The number of benzene rings is 1. The molecule has 0 aliphatic heterocycles. The number of ether oxygens (including phenoxy) is 1. The number of aromatic nitrogens is 4. The Morgan fingerprint density at radius 1 is 1.15 bits per heavy atom. The lowest BCUT2D eigenvalue weighted by atomic mass is 10.1. The van der Waals surface area contributed by atoms with Crippen LogP contribution in [0.15, 0.2) is 43.0 Å². The van der Waals surface area contributed by atoms with Gasteiger partial charge >= 0.3 is 0 Å². The lowest BCUT2D eigenvalue weighted by Gasteiger charge is -2.09. The number of nitrogens with zero attached hydrogens (tertiary/aromatic N) is 4. The molecule has 0 aliphatic carbocycles. The standard InChI is InChI=1S/C20H23N5O2/c1-13(2)9-19(26)24-16-5-7-17(8-6-16)27-20-10-18(21-11-22-20)25-12-23-14(3)15(25)4/h5-8,10-13H,9H2,1-4H3,(H,24,26). The van der Waals surface area contributed by atoms with Gasteiger partial charge in [-0.3, -0.25) is 9.36 Å². The van der Waals surface area contributed by atoms with Crippen LogP contribution in [0.5, 0.6) is 11.6 Å². The van der Waals surface area contributed by atoms with Crippen LogP contribution in [0.4, 0.5) is 5.69 Å². The van der Waals surface area contributed by atoms with E-state index in [1.807, 2.05) is 32.3 Å². The number of imidazole rings is 1. The van der Waals surface area contributed by atoms with Gasteiger partial charge in [0, 0.05) is 23.9 Å². The predicted molar refractivity (Wildman–Crippen MR) is 103 cm³/mol. The fourth-order valence-corrected chi connectivity index (χ4v) is 2.56. The molecule has 0 atom stereocenters. The van der Waals surface area contributed by atoms with Crippen LogP contribution in [-0.2, 0) is 4.79 Å². The van der Waals surface area contributed by atoms with E-state index in [0.717, 1.165) is 17.1 Å². The smallest absolute Gasteiger partial charge is 0.224 e. The zero-order valence-electron chi connectivity index (χ0n) is 15.9. The summed E-state index contributed by atoms with van der Waals surface area (Å²) >= 11 is 0. The third kappa shape index (κ3) is 4.69. The van der Waals surface area contributed by atoms with Crippen LogP contribution in [-0.4, -0.2) is 25.4 Å². The van der Waals surface area contributed by atoms with E-state index >= 15 is 0 Å². The van der Waals surface area contributed by atoms with E-state index in [-0.39, 0.29) is 5.91 Å². The van der Waals surface area contributed by atoms with Crippen LogP contribution >= 0.6 is 0 Å². The number of nitrogens with one attached hydrogen (secondary N) is 1. The quantitative estimate of drug-likeness (QED) is 0.712. The van der Waals surface area contributed by atoms with Gasteiger partial charge in [0.1, 0.15) is 24.2 Å². The van der Waals surface area contributed by atoms with Crippen LogP contribution in [0.2, 0.25) is 0 Å². The predicted octanol–water partition coefficient (Wildman–Crippen LogP) is 4.06. The molecule has 7 nitrogen and oxygen atoms in total. The van der Waals surface area contributed by atoms with Crippen LogP contribution in [0.25, 0.3) is 5.82 Å². The Kier molecular flexibility index (Phi) is 5.49. The molecule has 0 unspecified atom stereocenters. The van der Waals surface area contributed by atoms with Gasteiger partial charge in [-0.15, -0.1) is 0 Å². The fourth-order valence-electron chi connectivity index (χ4n) is 2.56. The van der Waals surface area contributed by atoms with Crippen molar-refractivity contribution in [1.82, 2.24) is 19.5 Å². The van der Waals surface area contributed by atoms with E-state index < -0.39 is 0 Å². The minimum Gasteiger partial charge on any atom is -0.439 e. The Hall–Kier alpha value is -3.22. The van der Waals surface area contributed by atoms with E-state index in [0.29, 0.717) is 29.8 Å². The molecule has 0 saturated heterocycles. The summed E-state index contributed by atoms with van der Waals surface area (Å²) < 4.78 is 7.70. The highest BCUT2D eigenvalue weighted by molar-refractivity contribution is 5.90. The van der Waals surface area contributed by atoms with Gasteiger partial charge in [-0.2, -0.15) is 0 Å². The summed E-state index contributed by atoms with van der Waals surface area (Å²) in [5.74, 6) is 2.07. The zero-order valence-corrected chi connectivity index (χ0v) is 15.9. The molecule has 0 spiro atoms. The molecule has 3 rings (SSSR count). The lowest BCUT2D eigenvalue weighted by Crippen LogP contribution is -2.13. The van der Waals surface area contributed by atoms with Gasteiger partial charge in [0.2, 0.25) is 11.8 Å². The van der Waals surface area contributed by atoms with Gasteiger partial charge in [-0.25, -0.2) is 15.0 Å². The SMILES string of the molecule is Cc1ncn(-c2cc(Oc3ccc(NC(=O)CC(C)C)cc3)ncn2)c1C. The summed E-state index contributed by atoms with van der Waals surface area (Å²) in [6.07, 6.45) is 3.68. The van der Waals surface area contributed by atoms with Crippen LogP contribution in [0.1, 0.15) is 31.7 Å². The zero-order chi connectivity index (χ0) is 19.4. The Morgan fingerprint density at radius 2 is 1.89 bits per heavy atom. The lowest BCUT2D eigenvalue weighted by molar-refractivity contribution is -0.116.